The van der Waals surface area contributed by atoms with Gasteiger partial charge in [-0.3, -0.25) is 4.57 Å². The minimum atomic E-state index is 0.485. The molecule has 0 saturated carbocycles. The van der Waals surface area contributed by atoms with Crippen LogP contribution < -0.4 is 0 Å². The number of imidazole rings is 1. The van der Waals surface area contributed by atoms with Crippen molar-refractivity contribution >= 4 is 22.6 Å². The van der Waals surface area contributed by atoms with Gasteiger partial charge in [-0.2, -0.15) is 0 Å². The Bertz CT molecular complexity index is 703. The molecule has 0 saturated heterocycles. The van der Waals surface area contributed by atoms with E-state index in [4.69, 9.17) is 11.6 Å². The Balaban J connectivity index is 2.20. The molecule has 3 rings (SSSR count). The van der Waals surface area contributed by atoms with Crippen molar-refractivity contribution in [2.24, 2.45) is 0 Å². The van der Waals surface area contributed by atoms with Crippen LogP contribution >= 0.6 is 11.6 Å². The highest BCUT2D eigenvalue weighted by Crippen LogP contribution is 2.19. The Morgan fingerprint density at radius 2 is 2.06 bits per heavy atom. The van der Waals surface area contributed by atoms with Gasteiger partial charge in [0.05, 0.1) is 11.0 Å². The number of aromatic nitrogens is 3. The van der Waals surface area contributed by atoms with Gasteiger partial charge in [-0.05, 0) is 36.2 Å². The Kier molecular flexibility index (Phi) is 2.76. The number of hydrogen-bond acceptors (Lipinski definition) is 2. The topological polar surface area (TPSA) is 30.7 Å². The molecule has 0 unspecified atom stereocenters. The SMILES string of the molecule is Cc1cc(CCl)cnc1-n1cnc2ccccc21. The number of halogens is 1. The number of benzene rings is 1. The van der Waals surface area contributed by atoms with E-state index < -0.39 is 0 Å². The van der Waals surface area contributed by atoms with Crippen LogP contribution in [0.3, 0.4) is 0 Å². The highest BCUT2D eigenvalue weighted by Gasteiger charge is 2.08. The molecule has 3 nitrogen and oxygen atoms in total. The van der Waals surface area contributed by atoms with E-state index in [2.05, 4.69) is 16.0 Å². The Hall–Kier alpha value is -1.87. The molecule has 0 bridgehead atoms. The van der Waals surface area contributed by atoms with Crippen LogP contribution in [0.1, 0.15) is 11.1 Å². The van der Waals surface area contributed by atoms with Gasteiger partial charge in [0, 0.05) is 12.1 Å². The molecule has 90 valence electrons. The van der Waals surface area contributed by atoms with Crippen LogP contribution in [0, 0.1) is 6.92 Å². The van der Waals surface area contributed by atoms with Crippen LogP contribution in [-0.4, -0.2) is 14.5 Å². The fourth-order valence-corrected chi connectivity index (χ4v) is 2.23. The molecule has 0 aliphatic heterocycles. The Labute approximate surface area is 110 Å². The normalized spacial score (nSPS) is 11.0. The van der Waals surface area contributed by atoms with E-state index in [-0.39, 0.29) is 0 Å². The zero-order valence-electron chi connectivity index (χ0n) is 9.97. The van der Waals surface area contributed by atoms with Crippen LogP contribution in [0.15, 0.2) is 42.9 Å². The molecular formula is C14H12ClN3. The molecular weight excluding hydrogens is 246 g/mol. The monoisotopic (exact) mass is 257 g/mol. The number of pyridine rings is 1. The fourth-order valence-electron chi connectivity index (χ4n) is 2.08. The lowest BCUT2D eigenvalue weighted by Crippen LogP contribution is -1.99. The summed E-state index contributed by atoms with van der Waals surface area (Å²) in [6, 6.07) is 10.1. The van der Waals surface area contributed by atoms with E-state index in [9.17, 15) is 0 Å². The van der Waals surface area contributed by atoms with Gasteiger partial charge in [0.15, 0.2) is 0 Å². The second-order valence-electron chi connectivity index (χ2n) is 4.22. The van der Waals surface area contributed by atoms with Crippen molar-refractivity contribution in [3.05, 3.63) is 54.0 Å². The molecule has 18 heavy (non-hydrogen) atoms. The summed E-state index contributed by atoms with van der Waals surface area (Å²) in [6.45, 7) is 2.03. The summed E-state index contributed by atoms with van der Waals surface area (Å²) in [5.74, 6) is 1.39. The average Bonchev–Trinajstić information content (AvgIpc) is 2.82. The zero-order valence-corrected chi connectivity index (χ0v) is 10.7. The number of hydrogen-bond donors (Lipinski definition) is 0. The lowest BCUT2D eigenvalue weighted by Gasteiger charge is -2.08. The molecule has 1 aromatic carbocycles. The summed E-state index contributed by atoms with van der Waals surface area (Å²) in [5, 5.41) is 0. The third-order valence-corrected chi connectivity index (χ3v) is 3.25. The zero-order chi connectivity index (χ0) is 12.5. The van der Waals surface area contributed by atoms with Gasteiger partial charge in [0.2, 0.25) is 0 Å². The van der Waals surface area contributed by atoms with Crippen molar-refractivity contribution in [3.8, 4) is 5.82 Å². The van der Waals surface area contributed by atoms with Gasteiger partial charge < -0.3 is 0 Å². The third kappa shape index (κ3) is 1.77. The standard InChI is InChI=1S/C14H12ClN3/c1-10-6-11(7-15)8-16-14(10)18-9-17-12-4-2-3-5-13(12)18/h2-6,8-9H,7H2,1H3. The van der Waals surface area contributed by atoms with Crippen molar-refractivity contribution in [2.45, 2.75) is 12.8 Å². The largest absolute Gasteiger partial charge is 0.283 e. The van der Waals surface area contributed by atoms with Crippen molar-refractivity contribution in [1.82, 2.24) is 14.5 Å². The van der Waals surface area contributed by atoms with E-state index in [0.29, 0.717) is 5.88 Å². The lowest BCUT2D eigenvalue weighted by molar-refractivity contribution is 0.993. The summed E-state index contributed by atoms with van der Waals surface area (Å²) in [7, 11) is 0. The molecule has 0 N–H and O–H groups in total. The van der Waals surface area contributed by atoms with Gasteiger partial charge in [-0.25, -0.2) is 9.97 Å². The van der Waals surface area contributed by atoms with Crippen LogP contribution in [0.2, 0.25) is 0 Å². The number of rotatable bonds is 2. The number of aryl methyl sites for hydroxylation is 1. The Morgan fingerprint density at radius 3 is 2.83 bits per heavy atom. The summed E-state index contributed by atoms with van der Waals surface area (Å²) in [4.78, 5) is 8.86. The molecule has 0 fully saturated rings. The highest BCUT2D eigenvalue weighted by atomic mass is 35.5. The molecule has 2 aromatic heterocycles. The van der Waals surface area contributed by atoms with Crippen molar-refractivity contribution in [1.29, 1.82) is 0 Å². The second-order valence-corrected chi connectivity index (χ2v) is 4.49. The van der Waals surface area contributed by atoms with E-state index in [1.807, 2.05) is 42.0 Å². The maximum absolute atomic E-state index is 5.81. The molecule has 0 radical (unpaired) electrons. The molecule has 0 atom stereocenters. The first kappa shape index (κ1) is 11.2. The van der Waals surface area contributed by atoms with E-state index >= 15 is 0 Å². The van der Waals surface area contributed by atoms with Gasteiger partial charge in [-0.1, -0.05) is 12.1 Å². The molecule has 3 aromatic rings. The first-order valence-electron chi connectivity index (χ1n) is 5.73. The van der Waals surface area contributed by atoms with Gasteiger partial charge in [0.1, 0.15) is 12.1 Å². The maximum Gasteiger partial charge on any atom is 0.141 e. The van der Waals surface area contributed by atoms with E-state index in [1.54, 1.807) is 6.33 Å². The minimum Gasteiger partial charge on any atom is -0.283 e. The number of alkyl halides is 1. The van der Waals surface area contributed by atoms with Gasteiger partial charge >= 0.3 is 0 Å². The maximum atomic E-state index is 5.81. The van der Waals surface area contributed by atoms with Gasteiger partial charge in [0.25, 0.3) is 0 Å². The second kappa shape index (κ2) is 4.42. The third-order valence-electron chi connectivity index (χ3n) is 2.94. The van der Waals surface area contributed by atoms with Gasteiger partial charge in [-0.15, -0.1) is 11.6 Å². The summed E-state index contributed by atoms with van der Waals surface area (Å²) < 4.78 is 2.00. The predicted molar refractivity (Wildman–Crippen MR) is 73.2 cm³/mol. The molecule has 0 spiro atoms. The van der Waals surface area contributed by atoms with Crippen molar-refractivity contribution in [2.75, 3.05) is 0 Å². The first-order valence-corrected chi connectivity index (χ1v) is 6.27. The lowest BCUT2D eigenvalue weighted by atomic mass is 10.2. The van der Waals surface area contributed by atoms with Crippen LogP contribution in [-0.2, 0) is 5.88 Å². The Morgan fingerprint density at radius 1 is 1.22 bits per heavy atom. The first-order chi connectivity index (χ1) is 8.79. The quantitative estimate of drug-likeness (QED) is 0.658. The number of fused-ring (bicyclic) bond motifs is 1. The molecule has 0 aliphatic carbocycles. The van der Waals surface area contributed by atoms with Crippen LogP contribution in [0.4, 0.5) is 0 Å². The predicted octanol–water partition coefficient (Wildman–Crippen LogP) is 3.47. The number of nitrogens with zero attached hydrogens (tertiary/aromatic N) is 3. The summed E-state index contributed by atoms with van der Waals surface area (Å²) in [5.41, 5.74) is 4.16. The smallest absolute Gasteiger partial charge is 0.141 e. The summed E-state index contributed by atoms with van der Waals surface area (Å²) in [6.07, 6.45) is 3.62. The highest BCUT2D eigenvalue weighted by molar-refractivity contribution is 6.17. The molecule has 0 aliphatic rings. The summed E-state index contributed by atoms with van der Waals surface area (Å²) >= 11 is 5.81. The molecule has 0 amide bonds. The van der Waals surface area contributed by atoms with Crippen molar-refractivity contribution in [3.63, 3.8) is 0 Å². The number of para-hydroxylation sites is 2. The fraction of sp³-hybridized carbons (Fsp3) is 0.143. The minimum absolute atomic E-state index is 0.485. The molecule has 4 heteroatoms. The van der Waals surface area contributed by atoms with Crippen LogP contribution in [0.5, 0.6) is 0 Å². The van der Waals surface area contributed by atoms with Crippen molar-refractivity contribution < 1.29 is 0 Å². The molecule has 2 heterocycles. The van der Waals surface area contributed by atoms with Crippen LogP contribution in [0.25, 0.3) is 16.9 Å². The van der Waals surface area contributed by atoms with E-state index in [1.165, 1.54) is 0 Å². The van der Waals surface area contributed by atoms with E-state index in [0.717, 1.165) is 28.0 Å². The average molecular weight is 258 g/mol.